The highest BCUT2D eigenvalue weighted by atomic mass is 16.6. The van der Waals surface area contributed by atoms with Gasteiger partial charge in [0.25, 0.3) is 0 Å². The van der Waals surface area contributed by atoms with E-state index in [1.807, 2.05) is 25.7 Å². The zero-order valence-corrected chi connectivity index (χ0v) is 22.3. The first-order valence-electron chi connectivity index (χ1n) is 14.0. The van der Waals surface area contributed by atoms with Gasteiger partial charge in [-0.2, -0.15) is 0 Å². The van der Waals surface area contributed by atoms with E-state index in [4.69, 9.17) is 4.74 Å². The van der Waals surface area contributed by atoms with Crippen LogP contribution >= 0.6 is 0 Å². The summed E-state index contributed by atoms with van der Waals surface area (Å²) in [6.45, 7) is 11.2. The lowest BCUT2D eigenvalue weighted by Crippen LogP contribution is -2.62. The number of carbonyl (C=O) groups excluding carboxylic acids is 2. The van der Waals surface area contributed by atoms with E-state index in [1.165, 1.54) is 77.0 Å². The van der Waals surface area contributed by atoms with Gasteiger partial charge in [-0.3, -0.25) is 4.79 Å². The monoisotopic (exact) mass is 464 g/mol. The van der Waals surface area contributed by atoms with Crippen LogP contribution in [0.25, 0.3) is 0 Å². The SMILES string of the molecule is CCCCCCCCCCCCCCCC(=O)N1CCC2(CC1)CN(C(=O)OC(C)(C)C)C2. The Balaban J connectivity index is 1.44. The van der Waals surface area contributed by atoms with Gasteiger partial charge < -0.3 is 14.5 Å². The van der Waals surface area contributed by atoms with E-state index in [2.05, 4.69) is 11.8 Å². The molecular formula is C28H52N2O3. The van der Waals surface area contributed by atoms with Crippen LogP contribution in [0.5, 0.6) is 0 Å². The maximum atomic E-state index is 12.6. The first-order valence-corrected chi connectivity index (χ1v) is 14.0. The molecule has 1 spiro atoms. The van der Waals surface area contributed by atoms with Crippen LogP contribution in [0.1, 0.15) is 130 Å². The van der Waals surface area contributed by atoms with Crippen molar-refractivity contribution in [3.05, 3.63) is 0 Å². The topological polar surface area (TPSA) is 49.9 Å². The van der Waals surface area contributed by atoms with Gasteiger partial charge in [-0.05, 0) is 40.0 Å². The Morgan fingerprint density at radius 1 is 0.727 bits per heavy atom. The zero-order valence-electron chi connectivity index (χ0n) is 22.3. The lowest BCUT2D eigenvalue weighted by molar-refractivity contribution is -0.136. The summed E-state index contributed by atoms with van der Waals surface area (Å²) in [4.78, 5) is 28.6. The normalized spacial score (nSPS) is 17.8. The molecule has 0 aromatic rings. The molecule has 0 saturated carbocycles. The number of unbranched alkanes of at least 4 members (excludes halogenated alkanes) is 12. The predicted octanol–water partition coefficient (Wildman–Crippen LogP) is 7.33. The smallest absolute Gasteiger partial charge is 0.410 e. The molecule has 2 heterocycles. The van der Waals surface area contributed by atoms with Crippen molar-refractivity contribution >= 4 is 12.0 Å². The van der Waals surface area contributed by atoms with Crippen molar-refractivity contribution in [3.8, 4) is 0 Å². The third-order valence-electron chi connectivity index (χ3n) is 7.38. The highest BCUT2D eigenvalue weighted by molar-refractivity contribution is 5.76. The first-order chi connectivity index (χ1) is 15.7. The molecule has 192 valence electrons. The summed E-state index contributed by atoms with van der Waals surface area (Å²) in [6.07, 6.45) is 19.9. The van der Waals surface area contributed by atoms with Crippen LogP contribution in [0.3, 0.4) is 0 Å². The minimum Gasteiger partial charge on any atom is -0.444 e. The van der Waals surface area contributed by atoms with Crippen molar-refractivity contribution in [1.82, 2.24) is 9.80 Å². The maximum Gasteiger partial charge on any atom is 0.410 e. The second-order valence-electron chi connectivity index (χ2n) is 11.7. The van der Waals surface area contributed by atoms with Gasteiger partial charge in [-0.1, -0.05) is 84.0 Å². The number of carbonyl (C=O) groups is 2. The zero-order chi connectivity index (χ0) is 24.2. The molecule has 2 aliphatic rings. The fourth-order valence-corrected chi connectivity index (χ4v) is 5.22. The molecule has 0 unspecified atom stereocenters. The van der Waals surface area contributed by atoms with Crippen molar-refractivity contribution in [2.24, 2.45) is 5.41 Å². The van der Waals surface area contributed by atoms with Crippen LogP contribution < -0.4 is 0 Å². The van der Waals surface area contributed by atoms with Crippen LogP contribution in [0, 0.1) is 5.41 Å². The fraction of sp³-hybridized carbons (Fsp3) is 0.929. The molecule has 0 atom stereocenters. The Morgan fingerprint density at radius 3 is 1.64 bits per heavy atom. The summed E-state index contributed by atoms with van der Waals surface area (Å²) in [5.41, 5.74) is -0.230. The fourth-order valence-electron chi connectivity index (χ4n) is 5.22. The Bertz CT molecular complexity index is 568. The molecule has 0 bridgehead atoms. The molecule has 5 heteroatoms. The first kappa shape index (κ1) is 28.0. The lowest BCUT2D eigenvalue weighted by atomic mass is 9.72. The van der Waals surface area contributed by atoms with Crippen LogP contribution in [0.2, 0.25) is 0 Å². The number of likely N-dealkylation sites (tertiary alicyclic amines) is 2. The average Bonchev–Trinajstić information content (AvgIpc) is 2.74. The summed E-state index contributed by atoms with van der Waals surface area (Å²) in [5, 5.41) is 0. The van der Waals surface area contributed by atoms with E-state index in [1.54, 1.807) is 0 Å². The Kier molecular flexibility index (Phi) is 12.0. The molecule has 0 aromatic heterocycles. The molecule has 5 nitrogen and oxygen atoms in total. The standard InChI is InChI=1S/C28H52N2O3/c1-5-6-7-8-9-10-11-12-13-14-15-16-17-18-25(31)29-21-19-28(20-22-29)23-30(24-28)26(32)33-27(2,3)4/h5-24H2,1-4H3. The van der Waals surface area contributed by atoms with Crippen molar-refractivity contribution in [2.45, 2.75) is 136 Å². The van der Waals surface area contributed by atoms with Gasteiger partial charge in [-0.25, -0.2) is 4.79 Å². The second kappa shape index (κ2) is 14.2. The second-order valence-corrected chi connectivity index (χ2v) is 11.7. The van der Waals surface area contributed by atoms with Gasteiger partial charge in [0.2, 0.25) is 5.91 Å². The number of amides is 2. The number of ether oxygens (including phenoxy) is 1. The molecule has 33 heavy (non-hydrogen) atoms. The van der Waals surface area contributed by atoms with Crippen LogP contribution in [0.4, 0.5) is 4.79 Å². The molecule has 2 saturated heterocycles. The Hall–Kier alpha value is -1.26. The largest absolute Gasteiger partial charge is 0.444 e. The van der Waals surface area contributed by atoms with Gasteiger partial charge in [0.15, 0.2) is 0 Å². The van der Waals surface area contributed by atoms with Crippen LogP contribution in [-0.2, 0) is 9.53 Å². The van der Waals surface area contributed by atoms with E-state index in [-0.39, 0.29) is 11.5 Å². The average molecular weight is 465 g/mol. The van der Waals surface area contributed by atoms with Crippen molar-refractivity contribution in [2.75, 3.05) is 26.2 Å². The van der Waals surface area contributed by atoms with Crippen molar-refractivity contribution in [3.63, 3.8) is 0 Å². The lowest BCUT2D eigenvalue weighted by Gasteiger charge is -2.53. The van der Waals surface area contributed by atoms with E-state index < -0.39 is 5.60 Å². The van der Waals surface area contributed by atoms with Crippen LogP contribution in [0.15, 0.2) is 0 Å². The minimum atomic E-state index is -0.441. The summed E-state index contributed by atoms with van der Waals surface area (Å²) >= 11 is 0. The summed E-state index contributed by atoms with van der Waals surface area (Å²) in [7, 11) is 0. The Morgan fingerprint density at radius 2 is 1.18 bits per heavy atom. The minimum absolute atomic E-state index is 0.200. The molecule has 0 N–H and O–H groups in total. The van der Waals surface area contributed by atoms with Crippen molar-refractivity contribution in [1.29, 1.82) is 0 Å². The predicted molar refractivity (Wildman–Crippen MR) is 136 cm³/mol. The maximum absolute atomic E-state index is 12.6. The molecule has 0 aromatic carbocycles. The van der Waals surface area contributed by atoms with Gasteiger partial charge in [0.1, 0.15) is 5.60 Å². The van der Waals surface area contributed by atoms with E-state index in [0.29, 0.717) is 12.3 Å². The third kappa shape index (κ3) is 10.7. The highest BCUT2D eigenvalue weighted by Gasteiger charge is 2.48. The summed E-state index contributed by atoms with van der Waals surface area (Å²) < 4.78 is 5.47. The molecule has 2 rings (SSSR count). The summed E-state index contributed by atoms with van der Waals surface area (Å²) in [5.74, 6) is 0.330. The van der Waals surface area contributed by atoms with Gasteiger partial charge >= 0.3 is 6.09 Å². The number of piperidine rings is 1. The molecule has 0 aliphatic carbocycles. The van der Waals surface area contributed by atoms with Gasteiger partial charge in [0, 0.05) is 38.0 Å². The van der Waals surface area contributed by atoms with Gasteiger partial charge in [0.05, 0.1) is 0 Å². The number of rotatable bonds is 14. The van der Waals surface area contributed by atoms with Gasteiger partial charge in [-0.15, -0.1) is 0 Å². The van der Waals surface area contributed by atoms with E-state index in [9.17, 15) is 9.59 Å². The van der Waals surface area contributed by atoms with E-state index in [0.717, 1.165) is 45.4 Å². The quantitative estimate of drug-likeness (QED) is 0.253. The van der Waals surface area contributed by atoms with Crippen LogP contribution in [-0.4, -0.2) is 53.6 Å². The highest BCUT2D eigenvalue weighted by Crippen LogP contribution is 2.41. The molecule has 2 amide bonds. The van der Waals surface area contributed by atoms with E-state index >= 15 is 0 Å². The summed E-state index contributed by atoms with van der Waals surface area (Å²) in [6, 6.07) is 0. The molecule has 0 radical (unpaired) electrons. The third-order valence-corrected chi connectivity index (χ3v) is 7.38. The Labute approximate surface area is 204 Å². The number of nitrogens with zero attached hydrogens (tertiary/aromatic N) is 2. The van der Waals surface area contributed by atoms with Crippen molar-refractivity contribution < 1.29 is 14.3 Å². The number of hydrogen-bond donors (Lipinski definition) is 0. The number of hydrogen-bond acceptors (Lipinski definition) is 3. The molecular weight excluding hydrogens is 412 g/mol. The molecule has 2 aliphatic heterocycles. The molecule has 2 fully saturated rings.